The maximum atomic E-state index is 13.2. The van der Waals surface area contributed by atoms with Crippen LogP contribution in [0.15, 0.2) is 79.3 Å². The molecule has 134 valence electrons. The van der Waals surface area contributed by atoms with Crippen LogP contribution in [0.3, 0.4) is 0 Å². The summed E-state index contributed by atoms with van der Waals surface area (Å²) in [6.07, 6.45) is 0.412. The molecule has 0 aliphatic carbocycles. The van der Waals surface area contributed by atoms with Crippen LogP contribution < -0.4 is 5.32 Å². The largest absolute Gasteiger partial charge is 0.417 e. The molecule has 27 heavy (non-hydrogen) atoms. The van der Waals surface area contributed by atoms with Gasteiger partial charge in [0, 0.05) is 29.7 Å². The lowest BCUT2D eigenvalue weighted by Crippen LogP contribution is -2.06. The van der Waals surface area contributed by atoms with Crippen molar-refractivity contribution >= 4 is 22.3 Å². The average molecular weight is 365 g/mol. The summed E-state index contributed by atoms with van der Waals surface area (Å²) in [5.74, 6) is 0.385. The highest BCUT2D eigenvalue weighted by Gasteiger charge is 2.32. The van der Waals surface area contributed by atoms with Crippen LogP contribution in [0, 0.1) is 0 Å². The van der Waals surface area contributed by atoms with E-state index >= 15 is 0 Å². The van der Waals surface area contributed by atoms with E-state index in [0.717, 1.165) is 22.9 Å². The van der Waals surface area contributed by atoms with Crippen LogP contribution in [0.25, 0.3) is 21.9 Å². The van der Waals surface area contributed by atoms with E-state index in [4.69, 9.17) is 0 Å². The summed E-state index contributed by atoms with van der Waals surface area (Å²) in [5.41, 5.74) is 2.13. The van der Waals surface area contributed by atoms with E-state index in [1.165, 1.54) is 18.3 Å². The maximum absolute atomic E-state index is 13.2. The molecule has 0 radical (unpaired) electrons. The lowest BCUT2D eigenvalue weighted by atomic mass is 10.0. The van der Waals surface area contributed by atoms with Crippen LogP contribution >= 0.6 is 0 Å². The highest BCUT2D eigenvalue weighted by atomic mass is 19.4. The molecule has 0 bridgehead atoms. The van der Waals surface area contributed by atoms with Crippen LogP contribution in [0.4, 0.5) is 24.7 Å². The zero-order valence-electron chi connectivity index (χ0n) is 14.0. The first-order valence-corrected chi connectivity index (χ1v) is 8.25. The molecule has 6 heteroatoms. The number of rotatable bonds is 3. The number of alkyl halides is 3. The van der Waals surface area contributed by atoms with Crippen molar-refractivity contribution in [1.82, 2.24) is 9.97 Å². The van der Waals surface area contributed by atoms with Gasteiger partial charge in [0.2, 0.25) is 0 Å². The molecule has 0 fully saturated rings. The van der Waals surface area contributed by atoms with Crippen molar-refractivity contribution in [2.45, 2.75) is 6.18 Å². The van der Waals surface area contributed by atoms with Crippen LogP contribution in [-0.4, -0.2) is 9.97 Å². The Bertz CT molecular complexity index is 1080. The Hall–Kier alpha value is -3.41. The van der Waals surface area contributed by atoms with Gasteiger partial charge in [-0.3, -0.25) is 4.98 Å². The molecular weight excluding hydrogens is 351 g/mol. The topological polar surface area (TPSA) is 37.8 Å². The Morgan fingerprint density at radius 2 is 1.41 bits per heavy atom. The lowest BCUT2D eigenvalue weighted by molar-refractivity contribution is -0.136. The molecule has 0 saturated heterocycles. The molecule has 0 aliphatic rings. The van der Waals surface area contributed by atoms with Crippen molar-refractivity contribution < 1.29 is 13.2 Å². The van der Waals surface area contributed by atoms with Crippen molar-refractivity contribution in [3.05, 3.63) is 84.8 Å². The monoisotopic (exact) mass is 365 g/mol. The van der Waals surface area contributed by atoms with Gasteiger partial charge in [-0.25, -0.2) is 4.98 Å². The van der Waals surface area contributed by atoms with Crippen molar-refractivity contribution in [3.63, 3.8) is 0 Å². The first-order valence-electron chi connectivity index (χ1n) is 8.25. The molecule has 3 nitrogen and oxygen atoms in total. The molecule has 0 saturated carbocycles. The highest BCUT2D eigenvalue weighted by molar-refractivity contribution is 5.95. The number of fused-ring (bicyclic) bond motifs is 1. The first-order chi connectivity index (χ1) is 13.0. The van der Waals surface area contributed by atoms with Crippen LogP contribution in [0.2, 0.25) is 0 Å². The van der Waals surface area contributed by atoms with Gasteiger partial charge in [-0.15, -0.1) is 0 Å². The third-order valence-electron chi connectivity index (χ3n) is 4.27. The zero-order chi connectivity index (χ0) is 18.9. The third kappa shape index (κ3) is 3.46. The molecule has 2 aromatic carbocycles. The molecule has 4 rings (SSSR count). The van der Waals surface area contributed by atoms with Crippen molar-refractivity contribution in [2.75, 3.05) is 5.32 Å². The fraction of sp³-hybridized carbons (Fsp3) is 0.0476. The Kier molecular flexibility index (Phi) is 4.24. The summed E-state index contributed by atoms with van der Waals surface area (Å²) in [7, 11) is 0. The van der Waals surface area contributed by atoms with E-state index in [1.54, 1.807) is 18.5 Å². The second-order valence-electron chi connectivity index (χ2n) is 6.00. The molecule has 0 aliphatic heterocycles. The number of nitrogens with one attached hydrogen (secondary N) is 1. The molecule has 1 N–H and O–H groups in total. The minimum atomic E-state index is -4.41. The number of pyridine rings is 2. The predicted molar refractivity (Wildman–Crippen MR) is 99.7 cm³/mol. The van der Waals surface area contributed by atoms with Crippen LogP contribution in [0.1, 0.15) is 5.56 Å². The SMILES string of the molecule is FC(F)(F)c1cccc2c(Nc3ccc(-c4ccncc4)cc3)nccc12. The fourth-order valence-electron chi connectivity index (χ4n) is 2.98. The second kappa shape index (κ2) is 6.72. The third-order valence-corrected chi connectivity index (χ3v) is 4.27. The summed E-state index contributed by atoms with van der Waals surface area (Å²) in [6.45, 7) is 0. The number of nitrogens with zero attached hydrogens (tertiary/aromatic N) is 2. The average Bonchev–Trinajstić information content (AvgIpc) is 2.68. The van der Waals surface area contributed by atoms with Gasteiger partial charge in [-0.2, -0.15) is 13.2 Å². The van der Waals surface area contributed by atoms with E-state index < -0.39 is 11.7 Å². The van der Waals surface area contributed by atoms with Gasteiger partial charge in [-0.05, 0) is 52.9 Å². The Balaban J connectivity index is 1.68. The van der Waals surface area contributed by atoms with Gasteiger partial charge < -0.3 is 5.32 Å². The summed E-state index contributed by atoms with van der Waals surface area (Å²) < 4.78 is 39.7. The lowest BCUT2D eigenvalue weighted by Gasteiger charge is -2.13. The van der Waals surface area contributed by atoms with E-state index in [0.29, 0.717) is 11.2 Å². The first kappa shape index (κ1) is 17.0. The zero-order valence-corrected chi connectivity index (χ0v) is 14.0. The quantitative estimate of drug-likeness (QED) is 0.480. The summed E-state index contributed by atoms with van der Waals surface area (Å²) in [4.78, 5) is 8.22. The van der Waals surface area contributed by atoms with E-state index in [-0.39, 0.29) is 5.39 Å². The van der Waals surface area contributed by atoms with Crippen molar-refractivity contribution in [3.8, 4) is 11.1 Å². The molecule has 0 atom stereocenters. The van der Waals surface area contributed by atoms with Gasteiger partial charge in [0.05, 0.1) is 5.56 Å². The standard InChI is InChI=1S/C21H14F3N3/c22-21(23,24)19-3-1-2-18-17(19)10-13-26-20(18)27-16-6-4-14(5-7-16)15-8-11-25-12-9-15/h1-13H,(H,26,27). The van der Waals surface area contributed by atoms with Gasteiger partial charge in [0.25, 0.3) is 0 Å². The Morgan fingerprint density at radius 1 is 0.704 bits per heavy atom. The Labute approximate surface area is 153 Å². The Morgan fingerprint density at radius 3 is 2.11 bits per heavy atom. The van der Waals surface area contributed by atoms with Gasteiger partial charge in [0.1, 0.15) is 5.82 Å². The summed E-state index contributed by atoms with van der Waals surface area (Å²) >= 11 is 0. The molecule has 0 spiro atoms. The summed E-state index contributed by atoms with van der Waals surface area (Å²) in [5, 5.41) is 3.66. The number of hydrogen-bond acceptors (Lipinski definition) is 3. The smallest absolute Gasteiger partial charge is 0.340 e. The molecule has 2 heterocycles. The van der Waals surface area contributed by atoms with Crippen molar-refractivity contribution in [1.29, 1.82) is 0 Å². The number of anilines is 2. The van der Waals surface area contributed by atoms with Crippen molar-refractivity contribution in [2.24, 2.45) is 0 Å². The number of hydrogen-bond donors (Lipinski definition) is 1. The normalized spacial score (nSPS) is 11.5. The fourth-order valence-corrected chi connectivity index (χ4v) is 2.98. The minimum absolute atomic E-state index is 0.121. The molecular formula is C21H14F3N3. The molecule has 2 aromatic heterocycles. The van der Waals surface area contributed by atoms with E-state index in [2.05, 4.69) is 15.3 Å². The molecule has 0 unspecified atom stereocenters. The highest BCUT2D eigenvalue weighted by Crippen LogP contribution is 2.36. The van der Waals surface area contributed by atoms with Gasteiger partial charge >= 0.3 is 6.18 Å². The van der Waals surface area contributed by atoms with Crippen LogP contribution in [0.5, 0.6) is 0 Å². The number of aromatic nitrogens is 2. The summed E-state index contributed by atoms with van der Waals surface area (Å²) in [6, 6.07) is 16.9. The van der Waals surface area contributed by atoms with E-state index in [9.17, 15) is 13.2 Å². The predicted octanol–water partition coefficient (Wildman–Crippen LogP) is 6.06. The number of benzene rings is 2. The van der Waals surface area contributed by atoms with Gasteiger partial charge in [0.15, 0.2) is 0 Å². The molecule has 0 amide bonds. The maximum Gasteiger partial charge on any atom is 0.417 e. The molecule has 4 aromatic rings. The van der Waals surface area contributed by atoms with E-state index in [1.807, 2.05) is 36.4 Å². The minimum Gasteiger partial charge on any atom is -0.340 e. The van der Waals surface area contributed by atoms with Gasteiger partial charge in [-0.1, -0.05) is 24.3 Å². The van der Waals surface area contributed by atoms with Crippen LogP contribution in [-0.2, 0) is 6.18 Å². The number of halogens is 3. The second-order valence-corrected chi connectivity index (χ2v) is 6.00.